The van der Waals surface area contributed by atoms with Gasteiger partial charge < -0.3 is 10.0 Å². The minimum Gasteiger partial charge on any atom is -0.481 e. The third-order valence-corrected chi connectivity index (χ3v) is 4.26. The second kappa shape index (κ2) is 4.68. The predicted octanol–water partition coefficient (Wildman–Crippen LogP) is 2.39. The number of hydrogen-bond acceptors (Lipinski definition) is 2. The Morgan fingerprint density at radius 2 is 2.00 bits per heavy atom. The van der Waals surface area contributed by atoms with E-state index in [-0.39, 0.29) is 12.5 Å². The van der Waals surface area contributed by atoms with Crippen LogP contribution in [0.15, 0.2) is 24.3 Å². The van der Waals surface area contributed by atoms with Crippen LogP contribution in [-0.2, 0) is 9.59 Å². The van der Waals surface area contributed by atoms with Crippen molar-refractivity contribution < 1.29 is 14.7 Å². The Morgan fingerprint density at radius 1 is 1.26 bits per heavy atom. The second-order valence-electron chi connectivity index (χ2n) is 5.46. The van der Waals surface area contributed by atoms with E-state index in [1.165, 1.54) is 6.42 Å². The molecule has 2 aliphatic rings. The zero-order valence-corrected chi connectivity index (χ0v) is 10.7. The Bertz CT molecular complexity index is 522. The first-order valence-corrected chi connectivity index (χ1v) is 6.79. The van der Waals surface area contributed by atoms with Crippen molar-refractivity contribution in [1.29, 1.82) is 0 Å². The van der Waals surface area contributed by atoms with Gasteiger partial charge in [0.2, 0.25) is 5.91 Å². The number of amides is 1. The summed E-state index contributed by atoms with van der Waals surface area (Å²) in [5.74, 6) is -0.864. The summed E-state index contributed by atoms with van der Waals surface area (Å²) in [5, 5.41) is 9.26. The van der Waals surface area contributed by atoms with Gasteiger partial charge in [-0.15, -0.1) is 0 Å². The maximum absolute atomic E-state index is 12.3. The molecule has 4 nitrogen and oxygen atoms in total. The number of carboxylic acid groups (broad SMARTS) is 1. The lowest BCUT2D eigenvalue weighted by Gasteiger charge is -2.27. The van der Waals surface area contributed by atoms with Gasteiger partial charge in [0.1, 0.15) is 5.92 Å². The number of carbonyl (C=O) groups excluding carboxylic acids is 1. The number of para-hydroxylation sites is 1. The maximum Gasteiger partial charge on any atom is 0.312 e. The molecule has 1 aromatic carbocycles. The van der Waals surface area contributed by atoms with Gasteiger partial charge in [-0.3, -0.25) is 9.59 Å². The number of nitrogens with zero attached hydrogens (tertiary/aromatic N) is 1. The molecule has 1 aliphatic heterocycles. The summed E-state index contributed by atoms with van der Waals surface area (Å²) < 4.78 is 0. The lowest BCUT2D eigenvalue weighted by molar-refractivity contribution is -0.138. The normalized spacial score (nSPS) is 21.9. The van der Waals surface area contributed by atoms with E-state index in [9.17, 15) is 14.7 Å². The molecule has 0 aromatic heterocycles. The maximum atomic E-state index is 12.3. The first-order valence-electron chi connectivity index (χ1n) is 6.79. The van der Waals surface area contributed by atoms with Crippen LogP contribution in [0.5, 0.6) is 0 Å². The van der Waals surface area contributed by atoms with E-state index in [1.54, 1.807) is 4.90 Å². The molecule has 0 saturated heterocycles. The number of fused-ring (bicyclic) bond motifs is 1. The SMILES string of the molecule is O=C(O)C1CN(C(=O)CC2CCC2)c2ccccc21. The summed E-state index contributed by atoms with van der Waals surface area (Å²) in [6.07, 6.45) is 4.03. The Hall–Kier alpha value is -1.84. The third kappa shape index (κ3) is 2.11. The molecular weight excluding hydrogens is 242 g/mol. The average Bonchev–Trinajstić information content (AvgIpc) is 2.73. The number of carbonyl (C=O) groups is 2. The largest absolute Gasteiger partial charge is 0.481 e. The van der Waals surface area contributed by atoms with Crippen LogP contribution >= 0.6 is 0 Å². The lowest BCUT2D eigenvalue weighted by Crippen LogP contribution is -2.33. The molecule has 0 bridgehead atoms. The summed E-state index contributed by atoms with van der Waals surface area (Å²) in [7, 11) is 0. The molecule has 1 unspecified atom stereocenters. The molecular formula is C15H17NO3. The molecule has 3 rings (SSSR count). The quantitative estimate of drug-likeness (QED) is 0.906. The monoisotopic (exact) mass is 259 g/mol. The molecule has 19 heavy (non-hydrogen) atoms. The van der Waals surface area contributed by atoms with Crippen LogP contribution in [0.25, 0.3) is 0 Å². The van der Waals surface area contributed by atoms with E-state index in [4.69, 9.17) is 0 Å². The number of aliphatic carboxylic acids is 1. The molecule has 1 amide bonds. The fourth-order valence-corrected chi connectivity index (χ4v) is 2.91. The van der Waals surface area contributed by atoms with Crippen LogP contribution in [0.1, 0.15) is 37.2 Å². The molecule has 1 aromatic rings. The minimum atomic E-state index is -0.855. The van der Waals surface area contributed by atoms with Crippen molar-refractivity contribution in [2.45, 2.75) is 31.6 Å². The molecule has 0 spiro atoms. The highest BCUT2D eigenvalue weighted by Crippen LogP contribution is 2.38. The fraction of sp³-hybridized carbons (Fsp3) is 0.467. The fourth-order valence-electron chi connectivity index (χ4n) is 2.91. The van der Waals surface area contributed by atoms with Gasteiger partial charge in [0.05, 0.1) is 0 Å². The Morgan fingerprint density at radius 3 is 2.63 bits per heavy atom. The summed E-state index contributed by atoms with van der Waals surface area (Å²) in [6.45, 7) is 0.278. The van der Waals surface area contributed by atoms with Gasteiger partial charge in [0.15, 0.2) is 0 Å². The topological polar surface area (TPSA) is 57.6 Å². The first-order chi connectivity index (χ1) is 9.16. The number of anilines is 1. The molecule has 1 fully saturated rings. The minimum absolute atomic E-state index is 0.0703. The standard InChI is InChI=1S/C15H17NO3/c17-14(8-10-4-3-5-10)16-9-12(15(18)19)11-6-1-2-7-13(11)16/h1-2,6-7,10,12H,3-5,8-9H2,(H,18,19). The van der Waals surface area contributed by atoms with Gasteiger partial charge in [-0.05, 0) is 30.4 Å². The smallest absolute Gasteiger partial charge is 0.312 e. The van der Waals surface area contributed by atoms with E-state index >= 15 is 0 Å². The van der Waals surface area contributed by atoms with E-state index in [0.717, 1.165) is 24.1 Å². The summed E-state index contributed by atoms with van der Waals surface area (Å²) >= 11 is 0. The zero-order valence-electron chi connectivity index (χ0n) is 10.7. The van der Waals surface area contributed by atoms with Crippen molar-refractivity contribution in [3.05, 3.63) is 29.8 Å². The third-order valence-electron chi connectivity index (χ3n) is 4.26. The van der Waals surface area contributed by atoms with Crippen LogP contribution in [-0.4, -0.2) is 23.5 Å². The highest BCUT2D eigenvalue weighted by atomic mass is 16.4. The van der Waals surface area contributed by atoms with Crippen molar-refractivity contribution >= 4 is 17.6 Å². The molecule has 1 aliphatic carbocycles. The Balaban J connectivity index is 1.83. The van der Waals surface area contributed by atoms with Crippen molar-refractivity contribution in [2.24, 2.45) is 5.92 Å². The van der Waals surface area contributed by atoms with E-state index in [2.05, 4.69) is 0 Å². The van der Waals surface area contributed by atoms with Gasteiger partial charge >= 0.3 is 5.97 Å². The van der Waals surface area contributed by atoms with Gasteiger partial charge in [-0.2, -0.15) is 0 Å². The Kier molecular flexibility index (Phi) is 3.01. The van der Waals surface area contributed by atoms with Gasteiger partial charge in [0.25, 0.3) is 0 Å². The van der Waals surface area contributed by atoms with Crippen molar-refractivity contribution in [3.63, 3.8) is 0 Å². The molecule has 1 saturated carbocycles. The van der Waals surface area contributed by atoms with Crippen LogP contribution in [0.3, 0.4) is 0 Å². The van der Waals surface area contributed by atoms with Crippen molar-refractivity contribution in [2.75, 3.05) is 11.4 Å². The summed E-state index contributed by atoms with van der Waals surface area (Å²) in [4.78, 5) is 25.3. The highest BCUT2D eigenvalue weighted by molar-refractivity contribution is 5.99. The van der Waals surface area contributed by atoms with Crippen LogP contribution < -0.4 is 4.90 Å². The number of rotatable bonds is 3. The summed E-state index contributed by atoms with van der Waals surface area (Å²) in [6, 6.07) is 7.34. The Labute approximate surface area is 112 Å². The summed E-state index contributed by atoms with van der Waals surface area (Å²) in [5.41, 5.74) is 1.54. The number of hydrogen-bond donors (Lipinski definition) is 1. The van der Waals surface area contributed by atoms with E-state index < -0.39 is 11.9 Å². The molecule has 0 radical (unpaired) electrons. The van der Waals surface area contributed by atoms with E-state index in [1.807, 2.05) is 24.3 Å². The average molecular weight is 259 g/mol. The molecule has 4 heteroatoms. The van der Waals surface area contributed by atoms with Crippen molar-refractivity contribution in [1.82, 2.24) is 0 Å². The van der Waals surface area contributed by atoms with E-state index in [0.29, 0.717) is 12.3 Å². The number of carboxylic acids is 1. The highest BCUT2D eigenvalue weighted by Gasteiger charge is 2.37. The molecule has 1 atom stereocenters. The zero-order chi connectivity index (χ0) is 13.4. The molecule has 100 valence electrons. The van der Waals surface area contributed by atoms with Gasteiger partial charge in [-0.1, -0.05) is 24.6 Å². The van der Waals surface area contributed by atoms with Crippen LogP contribution in [0.2, 0.25) is 0 Å². The van der Waals surface area contributed by atoms with Gasteiger partial charge in [0, 0.05) is 18.7 Å². The van der Waals surface area contributed by atoms with Crippen LogP contribution in [0.4, 0.5) is 5.69 Å². The van der Waals surface area contributed by atoms with Crippen LogP contribution in [0, 0.1) is 5.92 Å². The predicted molar refractivity (Wildman–Crippen MR) is 71.1 cm³/mol. The van der Waals surface area contributed by atoms with Crippen molar-refractivity contribution in [3.8, 4) is 0 Å². The first kappa shape index (κ1) is 12.2. The second-order valence-corrected chi connectivity index (χ2v) is 5.46. The van der Waals surface area contributed by atoms with Gasteiger partial charge in [-0.25, -0.2) is 0 Å². The molecule has 1 N–H and O–H groups in total. The molecule has 1 heterocycles. The number of benzene rings is 1. The lowest BCUT2D eigenvalue weighted by atomic mass is 9.82.